The van der Waals surface area contributed by atoms with E-state index in [0.29, 0.717) is 0 Å². The van der Waals surface area contributed by atoms with Crippen molar-refractivity contribution in [1.29, 1.82) is 0 Å². The van der Waals surface area contributed by atoms with Gasteiger partial charge in [-0.25, -0.2) is 12.8 Å². The molecule has 1 aromatic carbocycles. The quantitative estimate of drug-likeness (QED) is 0.661. The molecule has 0 radical (unpaired) electrons. The molecule has 0 aromatic heterocycles. The van der Waals surface area contributed by atoms with Crippen LogP contribution in [0.2, 0.25) is 0 Å². The van der Waals surface area contributed by atoms with Crippen LogP contribution in [-0.2, 0) is 16.3 Å². The molecule has 1 aromatic rings. The Labute approximate surface area is 128 Å². The van der Waals surface area contributed by atoms with Crippen molar-refractivity contribution < 1.29 is 12.8 Å². The Morgan fingerprint density at radius 3 is 2.24 bits per heavy atom. The van der Waals surface area contributed by atoms with Crippen molar-refractivity contribution >= 4 is 9.84 Å². The Balaban J connectivity index is 2.13. The lowest BCUT2D eigenvalue weighted by Gasteiger charge is -2.18. The van der Waals surface area contributed by atoms with E-state index in [4.69, 9.17) is 0 Å². The van der Waals surface area contributed by atoms with E-state index in [-0.39, 0.29) is 11.6 Å². The molecule has 0 N–H and O–H groups in total. The SMILES string of the molecule is CC(C)(C)S(=O)(=O)CCCCCCCc1cccc(F)c1. The van der Waals surface area contributed by atoms with Crippen LogP contribution in [0.1, 0.15) is 58.4 Å². The summed E-state index contributed by atoms with van der Waals surface area (Å²) in [4.78, 5) is 0. The number of hydrogen-bond acceptors (Lipinski definition) is 2. The number of halogens is 1. The molecule has 4 heteroatoms. The second-order valence-corrected chi connectivity index (χ2v) is 9.44. The molecule has 0 aliphatic heterocycles. The van der Waals surface area contributed by atoms with Crippen LogP contribution >= 0.6 is 0 Å². The van der Waals surface area contributed by atoms with Gasteiger partial charge in [-0.15, -0.1) is 0 Å². The summed E-state index contributed by atoms with van der Waals surface area (Å²) in [6.07, 6.45) is 5.69. The molecule has 120 valence electrons. The molecule has 0 saturated carbocycles. The van der Waals surface area contributed by atoms with Gasteiger partial charge in [-0.3, -0.25) is 0 Å². The molecule has 1 rings (SSSR count). The lowest BCUT2D eigenvalue weighted by Crippen LogP contribution is -2.30. The zero-order valence-electron chi connectivity index (χ0n) is 13.4. The first-order valence-corrected chi connectivity index (χ1v) is 9.34. The Morgan fingerprint density at radius 2 is 1.62 bits per heavy atom. The summed E-state index contributed by atoms with van der Waals surface area (Å²) < 4.78 is 36.2. The molecule has 0 heterocycles. The lowest BCUT2D eigenvalue weighted by molar-refractivity contribution is 0.552. The number of hydrogen-bond donors (Lipinski definition) is 0. The first kappa shape index (κ1) is 18.1. The second kappa shape index (κ2) is 7.92. The standard InChI is InChI=1S/C17H27FO2S/c1-17(2,3)21(19,20)13-8-6-4-5-7-10-15-11-9-12-16(18)14-15/h9,11-12,14H,4-8,10,13H2,1-3H3. The van der Waals surface area contributed by atoms with E-state index in [1.54, 1.807) is 32.9 Å². The summed E-state index contributed by atoms with van der Waals surface area (Å²) >= 11 is 0. The highest BCUT2D eigenvalue weighted by molar-refractivity contribution is 7.92. The Bertz CT molecular complexity index is 530. The van der Waals surface area contributed by atoms with Crippen LogP contribution in [0.4, 0.5) is 4.39 Å². The van der Waals surface area contributed by atoms with Crippen LogP contribution in [0.25, 0.3) is 0 Å². The van der Waals surface area contributed by atoms with Crippen molar-refractivity contribution in [3.05, 3.63) is 35.6 Å². The van der Waals surface area contributed by atoms with Crippen molar-refractivity contribution in [1.82, 2.24) is 0 Å². The number of sulfone groups is 1. The number of rotatable bonds is 8. The average molecular weight is 314 g/mol. The van der Waals surface area contributed by atoms with Crippen LogP contribution < -0.4 is 0 Å². The molecule has 0 amide bonds. The van der Waals surface area contributed by atoms with E-state index < -0.39 is 14.6 Å². The zero-order chi connectivity index (χ0) is 15.9. The zero-order valence-corrected chi connectivity index (χ0v) is 14.2. The maximum atomic E-state index is 13.0. The van der Waals surface area contributed by atoms with Crippen LogP contribution in [-0.4, -0.2) is 18.9 Å². The normalized spacial score (nSPS) is 12.6. The number of unbranched alkanes of at least 4 members (excludes halogenated alkanes) is 4. The van der Waals surface area contributed by atoms with Crippen molar-refractivity contribution in [3.8, 4) is 0 Å². The molecule has 0 atom stereocenters. The molecule has 0 aliphatic rings. The molecular weight excluding hydrogens is 287 g/mol. The smallest absolute Gasteiger partial charge is 0.155 e. The minimum absolute atomic E-state index is 0.181. The summed E-state index contributed by atoms with van der Waals surface area (Å²) in [6, 6.07) is 6.72. The molecule has 0 unspecified atom stereocenters. The van der Waals surface area contributed by atoms with Crippen LogP contribution in [0.15, 0.2) is 24.3 Å². The van der Waals surface area contributed by atoms with E-state index in [9.17, 15) is 12.8 Å². The van der Waals surface area contributed by atoms with Crippen LogP contribution in [0.5, 0.6) is 0 Å². The lowest BCUT2D eigenvalue weighted by atomic mass is 10.1. The number of benzene rings is 1. The van der Waals surface area contributed by atoms with Crippen molar-refractivity contribution in [2.45, 2.75) is 64.0 Å². The van der Waals surface area contributed by atoms with E-state index in [1.165, 1.54) is 6.07 Å². The fourth-order valence-electron chi connectivity index (χ4n) is 2.15. The maximum absolute atomic E-state index is 13.0. The summed E-state index contributed by atoms with van der Waals surface area (Å²) in [6.45, 7) is 5.25. The predicted molar refractivity (Wildman–Crippen MR) is 86.7 cm³/mol. The van der Waals surface area contributed by atoms with E-state index in [2.05, 4.69) is 0 Å². The number of aryl methyl sites for hydroxylation is 1. The topological polar surface area (TPSA) is 34.1 Å². The molecule has 0 saturated heterocycles. The van der Waals surface area contributed by atoms with Gasteiger partial charge in [0.05, 0.1) is 10.5 Å². The predicted octanol–water partition coefficient (Wildman–Crippen LogP) is 4.53. The van der Waals surface area contributed by atoms with Gasteiger partial charge in [0.25, 0.3) is 0 Å². The largest absolute Gasteiger partial charge is 0.228 e. The van der Waals surface area contributed by atoms with Gasteiger partial charge in [0.1, 0.15) is 5.82 Å². The third-order valence-electron chi connectivity index (χ3n) is 3.70. The Kier molecular flexibility index (Phi) is 6.85. The third kappa shape index (κ3) is 6.60. The fourth-order valence-corrected chi connectivity index (χ4v) is 3.35. The van der Waals surface area contributed by atoms with E-state index in [1.807, 2.05) is 6.07 Å². The molecule has 0 bridgehead atoms. The van der Waals surface area contributed by atoms with Crippen molar-refractivity contribution in [2.24, 2.45) is 0 Å². The second-order valence-electron chi connectivity index (χ2n) is 6.58. The molecule has 0 spiro atoms. The van der Waals surface area contributed by atoms with E-state index in [0.717, 1.165) is 44.1 Å². The molecule has 21 heavy (non-hydrogen) atoms. The Hall–Kier alpha value is -0.900. The van der Waals surface area contributed by atoms with Gasteiger partial charge in [0, 0.05) is 0 Å². The summed E-state index contributed by atoms with van der Waals surface area (Å²) in [5, 5.41) is 0. The first-order valence-electron chi connectivity index (χ1n) is 7.69. The van der Waals surface area contributed by atoms with Gasteiger partial charge in [-0.05, 0) is 57.7 Å². The molecule has 0 aliphatic carbocycles. The van der Waals surface area contributed by atoms with E-state index >= 15 is 0 Å². The molecule has 2 nitrogen and oxygen atoms in total. The molecular formula is C17H27FO2S. The van der Waals surface area contributed by atoms with Crippen LogP contribution in [0.3, 0.4) is 0 Å². The fraction of sp³-hybridized carbons (Fsp3) is 0.647. The van der Waals surface area contributed by atoms with Gasteiger partial charge in [0.2, 0.25) is 0 Å². The molecule has 0 fully saturated rings. The van der Waals surface area contributed by atoms with Gasteiger partial charge in [0.15, 0.2) is 9.84 Å². The minimum Gasteiger partial charge on any atom is -0.228 e. The monoisotopic (exact) mass is 314 g/mol. The van der Waals surface area contributed by atoms with Crippen molar-refractivity contribution in [2.75, 3.05) is 5.75 Å². The first-order chi connectivity index (χ1) is 9.72. The summed E-state index contributed by atoms with van der Waals surface area (Å²) in [5.74, 6) is 0.0975. The summed E-state index contributed by atoms with van der Waals surface area (Å²) in [5.41, 5.74) is 1.03. The summed E-state index contributed by atoms with van der Waals surface area (Å²) in [7, 11) is -2.98. The minimum atomic E-state index is -2.98. The highest BCUT2D eigenvalue weighted by Gasteiger charge is 2.27. The average Bonchev–Trinajstić information content (AvgIpc) is 2.36. The van der Waals surface area contributed by atoms with Gasteiger partial charge < -0.3 is 0 Å². The van der Waals surface area contributed by atoms with Crippen molar-refractivity contribution in [3.63, 3.8) is 0 Å². The van der Waals surface area contributed by atoms with Crippen LogP contribution in [0, 0.1) is 5.82 Å². The van der Waals surface area contributed by atoms with Gasteiger partial charge in [-0.2, -0.15) is 0 Å². The highest BCUT2D eigenvalue weighted by Crippen LogP contribution is 2.18. The highest BCUT2D eigenvalue weighted by atomic mass is 32.2. The maximum Gasteiger partial charge on any atom is 0.155 e. The third-order valence-corrected chi connectivity index (χ3v) is 6.39. The Morgan fingerprint density at radius 1 is 1.00 bits per heavy atom. The van der Waals surface area contributed by atoms with Gasteiger partial charge >= 0.3 is 0 Å². The van der Waals surface area contributed by atoms with Gasteiger partial charge in [-0.1, -0.05) is 31.4 Å².